The van der Waals surface area contributed by atoms with Crippen molar-refractivity contribution in [2.75, 3.05) is 5.32 Å². The number of nitrogens with one attached hydrogen (secondary N) is 2. The molecule has 0 bridgehead atoms. The van der Waals surface area contributed by atoms with Crippen LogP contribution in [-0.4, -0.2) is 28.1 Å². The van der Waals surface area contributed by atoms with E-state index in [1.54, 1.807) is 12.1 Å². The normalized spacial score (nSPS) is 11.7. The highest BCUT2D eigenvalue weighted by Crippen LogP contribution is 2.12. The van der Waals surface area contributed by atoms with E-state index < -0.39 is 6.04 Å². The van der Waals surface area contributed by atoms with Crippen molar-refractivity contribution < 1.29 is 9.59 Å². The number of amides is 2. The molecule has 0 saturated carbocycles. The molecular formula is C16H14N4O2S2. The number of aromatic nitrogens is 2. The number of hydrogen-bond acceptors (Lipinski definition) is 6. The van der Waals surface area contributed by atoms with E-state index in [2.05, 4.69) is 20.8 Å². The first-order chi connectivity index (χ1) is 11.7. The molecule has 2 N–H and O–H groups in total. The summed E-state index contributed by atoms with van der Waals surface area (Å²) in [4.78, 5) is 25.4. The molecular weight excluding hydrogens is 344 g/mol. The summed E-state index contributed by atoms with van der Waals surface area (Å²) in [6, 6.07) is 12.4. The van der Waals surface area contributed by atoms with Crippen LogP contribution in [0, 0.1) is 0 Å². The smallest absolute Gasteiger partial charge is 0.262 e. The summed E-state index contributed by atoms with van der Waals surface area (Å²) in [6.07, 6.45) is 0.391. The monoisotopic (exact) mass is 358 g/mol. The third-order valence-electron chi connectivity index (χ3n) is 3.24. The van der Waals surface area contributed by atoms with Crippen LogP contribution in [0.4, 0.5) is 5.13 Å². The first kappa shape index (κ1) is 16.3. The zero-order valence-electron chi connectivity index (χ0n) is 12.5. The standard InChI is InChI=1S/C16H14N4O2S2/c21-14(19-16-20-17-10-24-16)12(9-11-5-2-1-3-6-11)18-15(22)13-7-4-8-23-13/h1-8,10,12H,9H2,(H,18,22)(H,19,20,21). The van der Waals surface area contributed by atoms with E-state index in [9.17, 15) is 9.59 Å². The molecule has 0 aliphatic carbocycles. The van der Waals surface area contributed by atoms with Gasteiger partial charge >= 0.3 is 0 Å². The summed E-state index contributed by atoms with van der Waals surface area (Å²) >= 11 is 2.56. The zero-order chi connectivity index (χ0) is 16.8. The molecule has 8 heteroatoms. The highest BCUT2D eigenvalue weighted by molar-refractivity contribution is 7.13. The van der Waals surface area contributed by atoms with Gasteiger partial charge in [0.05, 0.1) is 4.88 Å². The number of carbonyl (C=O) groups excluding carboxylic acids is 2. The van der Waals surface area contributed by atoms with Crippen molar-refractivity contribution in [3.63, 3.8) is 0 Å². The number of nitrogens with zero attached hydrogens (tertiary/aromatic N) is 2. The fourth-order valence-corrected chi connectivity index (χ4v) is 3.19. The molecule has 24 heavy (non-hydrogen) atoms. The quantitative estimate of drug-likeness (QED) is 0.709. The molecule has 1 aromatic carbocycles. The summed E-state index contributed by atoms with van der Waals surface area (Å²) in [5.41, 5.74) is 2.49. The Labute approximate surface area is 146 Å². The third-order valence-corrected chi connectivity index (χ3v) is 4.71. The average molecular weight is 358 g/mol. The molecule has 1 unspecified atom stereocenters. The minimum Gasteiger partial charge on any atom is -0.339 e. The first-order valence-electron chi connectivity index (χ1n) is 7.17. The van der Waals surface area contributed by atoms with E-state index in [0.717, 1.165) is 5.56 Å². The second-order valence-electron chi connectivity index (χ2n) is 4.93. The Hall–Kier alpha value is -2.58. The summed E-state index contributed by atoms with van der Waals surface area (Å²) in [5, 5.41) is 15.2. The summed E-state index contributed by atoms with van der Waals surface area (Å²) < 4.78 is 0. The molecule has 6 nitrogen and oxygen atoms in total. The third kappa shape index (κ3) is 4.24. The molecule has 0 aliphatic heterocycles. The summed E-state index contributed by atoms with van der Waals surface area (Å²) in [7, 11) is 0. The van der Waals surface area contributed by atoms with Gasteiger partial charge in [-0.05, 0) is 17.0 Å². The number of thiophene rings is 1. The first-order valence-corrected chi connectivity index (χ1v) is 8.93. The van der Waals surface area contributed by atoms with Crippen molar-refractivity contribution in [1.82, 2.24) is 15.5 Å². The van der Waals surface area contributed by atoms with E-state index >= 15 is 0 Å². The fourth-order valence-electron chi connectivity index (χ4n) is 2.12. The van der Waals surface area contributed by atoms with E-state index in [-0.39, 0.29) is 11.8 Å². The Morgan fingerprint density at radius 2 is 1.92 bits per heavy atom. The van der Waals surface area contributed by atoms with Crippen molar-refractivity contribution in [2.24, 2.45) is 0 Å². The highest BCUT2D eigenvalue weighted by atomic mass is 32.1. The summed E-state index contributed by atoms with van der Waals surface area (Å²) in [6.45, 7) is 0. The molecule has 1 atom stereocenters. The largest absolute Gasteiger partial charge is 0.339 e. The van der Waals surface area contributed by atoms with Crippen LogP contribution in [0.3, 0.4) is 0 Å². The van der Waals surface area contributed by atoms with Gasteiger partial charge in [-0.2, -0.15) is 0 Å². The van der Waals surface area contributed by atoms with Gasteiger partial charge in [0.2, 0.25) is 11.0 Å². The van der Waals surface area contributed by atoms with Gasteiger partial charge in [-0.15, -0.1) is 21.5 Å². The van der Waals surface area contributed by atoms with E-state index in [0.29, 0.717) is 16.4 Å². The fraction of sp³-hybridized carbons (Fsp3) is 0.125. The minimum absolute atomic E-state index is 0.265. The lowest BCUT2D eigenvalue weighted by molar-refractivity contribution is -0.118. The number of carbonyl (C=O) groups is 2. The van der Waals surface area contributed by atoms with Gasteiger partial charge in [0.15, 0.2) is 0 Å². The van der Waals surface area contributed by atoms with Gasteiger partial charge < -0.3 is 5.32 Å². The van der Waals surface area contributed by atoms with Crippen molar-refractivity contribution in [2.45, 2.75) is 12.5 Å². The Balaban J connectivity index is 1.74. The lowest BCUT2D eigenvalue weighted by Gasteiger charge is -2.17. The molecule has 2 amide bonds. The van der Waals surface area contributed by atoms with Gasteiger partial charge in [-0.3, -0.25) is 14.9 Å². The molecule has 0 aliphatic rings. The van der Waals surface area contributed by atoms with Crippen LogP contribution in [-0.2, 0) is 11.2 Å². The molecule has 0 saturated heterocycles. The number of hydrogen-bond donors (Lipinski definition) is 2. The van der Waals surface area contributed by atoms with Gasteiger partial charge in [0.1, 0.15) is 11.6 Å². The van der Waals surface area contributed by atoms with Crippen LogP contribution in [0.1, 0.15) is 15.2 Å². The topological polar surface area (TPSA) is 84.0 Å². The van der Waals surface area contributed by atoms with Gasteiger partial charge in [-0.25, -0.2) is 0 Å². The second kappa shape index (κ2) is 7.80. The van der Waals surface area contributed by atoms with Crippen molar-refractivity contribution in [3.05, 3.63) is 63.8 Å². The molecule has 2 heterocycles. The van der Waals surface area contributed by atoms with Gasteiger partial charge in [-0.1, -0.05) is 47.7 Å². The molecule has 3 aromatic rings. The van der Waals surface area contributed by atoms with Crippen LogP contribution in [0.2, 0.25) is 0 Å². The van der Waals surface area contributed by atoms with Crippen LogP contribution in [0.15, 0.2) is 53.4 Å². The SMILES string of the molecule is O=C(NC(Cc1ccccc1)C(=O)Nc1nncs1)c1cccs1. The highest BCUT2D eigenvalue weighted by Gasteiger charge is 2.23. The molecule has 0 spiro atoms. The summed E-state index contributed by atoms with van der Waals surface area (Å²) in [5.74, 6) is -0.584. The lowest BCUT2D eigenvalue weighted by atomic mass is 10.1. The Bertz CT molecular complexity index is 789. The van der Waals surface area contributed by atoms with Gasteiger partial charge in [0, 0.05) is 6.42 Å². The Kier molecular flexibility index (Phi) is 5.29. The predicted molar refractivity (Wildman–Crippen MR) is 94.3 cm³/mol. The van der Waals surface area contributed by atoms with E-state index in [1.807, 2.05) is 35.7 Å². The van der Waals surface area contributed by atoms with E-state index in [1.165, 1.54) is 28.2 Å². The van der Waals surface area contributed by atoms with Crippen LogP contribution < -0.4 is 10.6 Å². The minimum atomic E-state index is -0.703. The van der Waals surface area contributed by atoms with Crippen molar-refractivity contribution >= 4 is 39.6 Å². The van der Waals surface area contributed by atoms with Crippen LogP contribution in [0.5, 0.6) is 0 Å². The maximum Gasteiger partial charge on any atom is 0.262 e. The second-order valence-corrected chi connectivity index (χ2v) is 6.71. The molecule has 0 fully saturated rings. The number of benzene rings is 1. The maximum atomic E-state index is 12.5. The molecule has 3 rings (SSSR count). The van der Waals surface area contributed by atoms with E-state index in [4.69, 9.17) is 0 Å². The van der Waals surface area contributed by atoms with Crippen LogP contribution in [0.25, 0.3) is 0 Å². The zero-order valence-corrected chi connectivity index (χ0v) is 14.1. The Morgan fingerprint density at radius 3 is 2.58 bits per heavy atom. The molecule has 122 valence electrons. The molecule has 2 aromatic heterocycles. The Morgan fingerprint density at radius 1 is 1.08 bits per heavy atom. The number of rotatable bonds is 6. The van der Waals surface area contributed by atoms with Gasteiger partial charge in [0.25, 0.3) is 5.91 Å². The maximum absolute atomic E-state index is 12.5. The van der Waals surface area contributed by atoms with Crippen molar-refractivity contribution in [3.8, 4) is 0 Å². The van der Waals surface area contributed by atoms with Crippen LogP contribution >= 0.6 is 22.7 Å². The number of anilines is 1. The predicted octanol–water partition coefficient (Wildman–Crippen LogP) is 2.58. The lowest BCUT2D eigenvalue weighted by Crippen LogP contribution is -2.45. The molecule has 0 radical (unpaired) electrons. The van der Waals surface area contributed by atoms with Crippen molar-refractivity contribution in [1.29, 1.82) is 0 Å². The average Bonchev–Trinajstić information content (AvgIpc) is 3.29.